The Labute approximate surface area is 123 Å². The lowest BCUT2D eigenvalue weighted by atomic mass is 10.00. The van der Waals surface area contributed by atoms with E-state index < -0.39 is 6.10 Å². The number of benzene rings is 1. The maximum absolute atomic E-state index is 11.8. The lowest BCUT2D eigenvalue weighted by molar-refractivity contribution is 0.0920. The largest absolute Gasteiger partial charge is 0.387 e. The summed E-state index contributed by atoms with van der Waals surface area (Å²) < 4.78 is 0. The molecule has 2 aromatic rings. The number of aliphatic hydroxyl groups excluding tert-OH is 1. The summed E-state index contributed by atoms with van der Waals surface area (Å²) in [5, 5.41) is 14.7. The van der Waals surface area contributed by atoms with Crippen molar-refractivity contribution in [1.29, 1.82) is 0 Å². The zero-order chi connectivity index (χ0) is 14.5. The van der Waals surface area contributed by atoms with E-state index in [1.165, 1.54) is 16.9 Å². The summed E-state index contributed by atoms with van der Waals surface area (Å²) in [6.45, 7) is 4.48. The molecule has 2 rings (SSSR count). The molecular formula is C16H19NO2S. The molecule has 0 fully saturated rings. The summed E-state index contributed by atoms with van der Waals surface area (Å²) >= 11 is 1.39. The van der Waals surface area contributed by atoms with Crippen molar-refractivity contribution >= 4 is 17.2 Å². The van der Waals surface area contributed by atoms with Crippen LogP contribution in [0.4, 0.5) is 0 Å². The van der Waals surface area contributed by atoms with E-state index in [-0.39, 0.29) is 12.5 Å². The quantitative estimate of drug-likeness (QED) is 0.887. The molecule has 0 spiro atoms. The third-order valence-electron chi connectivity index (χ3n) is 3.19. The van der Waals surface area contributed by atoms with Crippen molar-refractivity contribution in [2.24, 2.45) is 0 Å². The van der Waals surface area contributed by atoms with Gasteiger partial charge in [-0.05, 0) is 28.5 Å². The minimum Gasteiger partial charge on any atom is -0.387 e. The number of amides is 1. The smallest absolute Gasteiger partial charge is 0.261 e. The van der Waals surface area contributed by atoms with Gasteiger partial charge in [0.05, 0.1) is 11.0 Å². The van der Waals surface area contributed by atoms with Crippen LogP contribution in [0.5, 0.6) is 0 Å². The van der Waals surface area contributed by atoms with Crippen molar-refractivity contribution in [3.63, 3.8) is 0 Å². The van der Waals surface area contributed by atoms with Crippen LogP contribution in [0.25, 0.3) is 0 Å². The molecule has 106 valence electrons. The molecule has 1 atom stereocenters. The van der Waals surface area contributed by atoms with Gasteiger partial charge in [-0.1, -0.05) is 44.2 Å². The van der Waals surface area contributed by atoms with E-state index >= 15 is 0 Å². The number of carbonyl (C=O) groups excluding carboxylic acids is 1. The molecule has 20 heavy (non-hydrogen) atoms. The first-order chi connectivity index (χ1) is 9.58. The molecule has 0 aliphatic carbocycles. The fourth-order valence-electron chi connectivity index (χ4n) is 1.91. The van der Waals surface area contributed by atoms with Crippen LogP contribution in [-0.2, 0) is 0 Å². The number of aliphatic hydroxyl groups is 1. The third-order valence-corrected chi connectivity index (χ3v) is 4.06. The van der Waals surface area contributed by atoms with Crippen molar-refractivity contribution in [2.75, 3.05) is 6.54 Å². The molecule has 0 aliphatic rings. The zero-order valence-electron chi connectivity index (χ0n) is 11.7. The Morgan fingerprint density at radius 1 is 1.20 bits per heavy atom. The Morgan fingerprint density at radius 2 is 1.85 bits per heavy atom. The van der Waals surface area contributed by atoms with Crippen LogP contribution in [0.2, 0.25) is 0 Å². The number of carbonyl (C=O) groups is 1. The van der Waals surface area contributed by atoms with Gasteiger partial charge in [0.1, 0.15) is 0 Å². The summed E-state index contributed by atoms with van der Waals surface area (Å²) in [7, 11) is 0. The molecule has 0 aliphatic heterocycles. The molecule has 1 aromatic carbocycles. The standard InChI is InChI=1S/C16H19NO2S/c1-11(2)12-5-7-13(8-6-12)14(18)10-17-16(19)15-4-3-9-20-15/h3-9,11,14,18H,10H2,1-2H3,(H,17,19). The Morgan fingerprint density at radius 3 is 2.40 bits per heavy atom. The van der Waals surface area contributed by atoms with E-state index in [1.54, 1.807) is 6.07 Å². The first kappa shape index (κ1) is 14.8. The van der Waals surface area contributed by atoms with E-state index in [0.717, 1.165) is 5.56 Å². The number of hydrogen-bond acceptors (Lipinski definition) is 3. The van der Waals surface area contributed by atoms with Gasteiger partial charge in [0.25, 0.3) is 5.91 Å². The zero-order valence-corrected chi connectivity index (χ0v) is 12.5. The average molecular weight is 289 g/mol. The van der Waals surface area contributed by atoms with Gasteiger partial charge in [-0.2, -0.15) is 0 Å². The van der Waals surface area contributed by atoms with Crippen LogP contribution in [0, 0.1) is 0 Å². The Bertz CT molecular complexity index is 546. The van der Waals surface area contributed by atoms with Gasteiger partial charge in [-0.3, -0.25) is 4.79 Å². The summed E-state index contributed by atoms with van der Waals surface area (Å²) in [5.74, 6) is 0.331. The molecule has 1 unspecified atom stereocenters. The molecule has 2 N–H and O–H groups in total. The predicted octanol–water partition coefficient (Wildman–Crippen LogP) is 3.33. The van der Waals surface area contributed by atoms with Crippen LogP contribution >= 0.6 is 11.3 Å². The second-order valence-electron chi connectivity index (χ2n) is 5.02. The van der Waals surface area contributed by atoms with Gasteiger partial charge < -0.3 is 10.4 Å². The molecular weight excluding hydrogens is 270 g/mol. The van der Waals surface area contributed by atoms with E-state index in [9.17, 15) is 9.90 Å². The van der Waals surface area contributed by atoms with Crippen molar-refractivity contribution in [1.82, 2.24) is 5.32 Å². The van der Waals surface area contributed by atoms with Gasteiger partial charge in [0.2, 0.25) is 0 Å². The molecule has 3 nitrogen and oxygen atoms in total. The fraction of sp³-hybridized carbons (Fsp3) is 0.312. The lowest BCUT2D eigenvalue weighted by Crippen LogP contribution is -2.27. The highest BCUT2D eigenvalue weighted by Crippen LogP contribution is 2.18. The molecule has 4 heteroatoms. The molecule has 1 aromatic heterocycles. The van der Waals surface area contributed by atoms with Crippen LogP contribution in [-0.4, -0.2) is 17.6 Å². The first-order valence-electron chi connectivity index (χ1n) is 6.67. The van der Waals surface area contributed by atoms with Crippen molar-refractivity contribution in [3.8, 4) is 0 Å². The summed E-state index contributed by atoms with van der Waals surface area (Å²) in [4.78, 5) is 12.4. The second-order valence-corrected chi connectivity index (χ2v) is 5.97. The summed E-state index contributed by atoms with van der Waals surface area (Å²) in [5.41, 5.74) is 2.06. The molecule has 0 saturated carbocycles. The van der Waals surface area contributed by atoms with E-state index in [4.69, 9.17) is 0 Å². The van der Waals surface area contributed by atoms with Crippen LogP contribution in [0.3, 0.4) is 0 Å². The minimum absolute atomic E-state index is 0.141. The highest BCUT2D eigenvalue weighted by atomic mass is 32.1. The van der Waals surface area contributed by atoms with Gasteiger partial charge in [-0.15, -0.1) is 11.3 Å². The maximum Gasteiger partial charge on any atom is 0.261 e. The van der Waals surface area contributed by atoms with E-state index in [2.05, 4.69) is 19.2 Å². The van der Waals surface area contributed by atoms with Crippen LogP contribution in [0.1, 0.15) is 46.7 Å². The SMILES string of the molecule is CC(C)c1ccc(C(O)CNC(=O)c2cccs2)cc1. The van der Waals surface area contributed by atoms with Gasteiger partial charge in [0, 0.05) is 6.54 Å². The summed E-state index contributed by atoms with van der Waals surface area (Å²) in [6.07, 6.45) is -0.680. The number of hydrogen-bond donors (Lipinski definition) is 2. The van der Waals surface area contributed by atoms with Crippen molar-refractivity contribution in [3.05, 3.63) is 57.8 Å². The Kier molecular flexibility index (Phi) is 4.93. The fourth-order valence-corrected chi connectivity index (χ4v) is 2.55. The highest BCUT2D eigenvalue weighted by molar-refractivity contribution is 7.12. The molecule has 0 bridgehead atoms. The monoisotopic (exact) mass is 289 g/mol. The van der Waals surface area contributed by atoms with Gasteiger partial charge >= 0.3 is 0 Å². The lowest BCUT2D eigenvalue weighted by Gasteiger charge is -2.13. The summed E-state index contributed by atoms with van der Waals surface area (Å²) in [6, 6.07) is 11.5. The third kappa shape index (κ3) is 3.68. The van der Waals surface area contributed by atoms with Gasteiger partial charge in [0.15, 0.2) is 0 Å². The van der Waals surface area contributed by atoms with Crippen LogP contribution in [0.15, 0.2) is 41.8 Å². The number of rotatable bonds is 5. The number of nitrogens with one attached hydrogen (secondary N) is 1. The van der Waals surface area contributed by atoms with Gasteiger partial charge in [-0.25, -0.2) is 0 Å². The maximum atomic E-state index is 11.8. The van der Waals surface area contributed by atoms with Crippen LogP contribution < -0.4 is 5.32 Å². The Balaban J connectivity index is 1.91. The van der Waals surface area contributed by atoms with Crippen molar-refractivity contribution < 1.29 is 9.90 Å². The highest BCUT2D eigenvalue weighted by Gasteiger charge is 2.11. The first-order valence-corrected chi connectivity index (χ1v) is 7.55. The topological polar surface area (TPSA) is 49.3 Å². The molecule has 1 amide bonds. The van der Waals surface area contributed by atoms with Crippen molar-refractivity contribution in [2.45, 2.75) is 25.9 Å². The Hall–Kier alpha value is -1.65. The normalized spacial score (nSPS) is 12.4. The molecule has 0 radical (unpaired) electrons. The molecule has 1 heterocycles. The number of thiophene rings is 1. The predicted molar refractivity (Wildman–Crippen MR) is 82.1 cm³/mol. The van der Waals surface area contributed by atoms with E-state index in [0.29, 0.717) is 10.8 Å². The molecule has 0 saturated heterocycles. The minimum atomic E-state index is -0.680. The second kappa shape index (κ2) is 6.68. The average Bonchev–Trinajstić information content (AvgIpc) is 2.98. The van der Waals surface area contributed by atoms with E-state index in [1.807, 2.05) is 35.7 Å².